The number of nitrogens with zero attached hydrogens (tertiary/aromatic N) is 2. The number of hydrogen-bond acceptors (Lipinski definition) is 7. The Kier molecular flexibility index (Phi) is 5.00. The van der Waals surface area contributed by atoms with Gasteiger partial charge in [0, 0.05) is 12.4 Å². The van der Waals surface area contributed by atoms with Gasteiger partial charge >= 0.3 is 11.9 Å². The van der Waals surface area contributed by atoms with E-state index in [4.69, 9.17) is 13.9 Å². The molecule has 1 aromatic heterocycles. The second-order valence-corrected chi connectivity index (χ2v) is 4.91. The molecule has 2 heterocycles. The number of hydrogen-bond donors (Lipinski definition) is 0. The number of aromatic nitrogens is 2. The maximum Gasteiger partial charge on any atom is 0.396 e. The minimum Gasteiger partial charge on any atom is -0.459 e. The maximum absolute atomic E-state index is 11.3. The molecule has 0 aliphatic carbocycles. The molecule has 1 aliphatic heterocycles. The van der Waals surface area contributed by atoms with Crippen molar-refractivity contribution in [2.75, 3.05) is 19.0 Å². The first kappa shape index (κ1) is 13.4. The van der Waals surface area contributed by atoms with Crippen LogP contribution in [0.25, 0.3) is 0 Å². The first-order valence-corrected chi connectivity index (χ1v) is 7.03. The Morgan fingerprint density at radius 2 is 2.44 bits per heavy atom. The first-order chi connectivity index (χ1) is 8.79. The van der Waals surface area contributed by atoms with Crippen molar-refractivity contribution in [3.8, 4) is 0 Å². The highest BCUT2D eigenvalue weighted by molar-refractivity contribution is 7.99. The van der Waals surface area contributed by atoms with Gasteiger partial charge in [-0.25, -0.2) is 4.79 Å². The zero-order chi connectivity index (χ0) is 12.8. The molecule has 0 aromatic carbocycles. The van der Waals surface area contributed by atoms with E-state index in [1.165, 1.54) is 11.8 Å². The standard InChI is InChI=1S/C11H16N2O4S/c1-2-15-10(14)9-12-13-11(17-9)18-7-5-8-4-3-6-16-8/h8H,2-7H2,1H3. The summed E-state index contributed by atoms with van der Waals surface area (Å²) in [6.07, 6.45) is 3.58. The molecule has 0 radical (unpaired) electrons. The van der Waals surface area contributed by atoms with E-state index in [1.807, 2.05) is 0 Å². The van der Waals surface area contributed by atoms with Crippen LogP contribution >= 0.6 is 11.8 Å². The lowest BCUT2D eigenvalue weighted by molar-refractivity contribution is 0.0475. The van der Waals surface area contributed by atoms with Gasteiger partial charge in [0.25, 0.3) is 5.22 Å². The number of rotatable bonds is 6. The largest absolute Gasteiger partial charge is 0.459 e. The third-order valence-corrected chi connectivity index (χ3v) is 3.40. The Balaban J connectivity index is 1.74. The van der Waals surface area contributed by atoms with Crippen LogP contribution in [0.4, 0.5) is 0 Å². The van der Waals surface area contributed by atoms with E-state index in [0.29, 0.717) is 17.9 Å². The lowest BCUT2D eigenvalue weighted by Crippen LogP contribution is -2.05. The predicted molar refractivity (Wildman–Crippen MR) is 64.6 cm³/mol. The molecule has 1 unspecified atom stereocenters. The number of thioether (sulfide) groups is 1. The van der Waals surface area contributed by atoms with E-state index < -0.39 is 5.97 Å². The molecule has 1 aromatic rings. The van der Waals surface area contributed by atoms with Crippen LogP contribution < -0.4 is 0 Å². The molecule has 0 saturated carbocycles. The topological polar surface area (TPSA) is 74.5 Å². The monoisotopic (exact) mass is 272 g/mol. The quantitative estimate of drug-likeness (QED) is 0.578. The highest BCUT2D eigenvalue weighted by Crippen LogP contribution is 2.22. The van der Waals surface area contributed by atoms with Gasteiger partial charge in [0.05, 0.1) is 12.7 Å². The summed E-state index contributed by atoms with van der Waals surface area (Å²) in [6, 6.07) is 0. The van der Waals surface area contributed by atoms with Gasteiger partial charge in [-0.2, -0.15) is 0 Å². The van der Waals surface area contributed by atoms with Crippen molar-refractivity contribution >= 4 is 17.7 Å². The summed E-state index contributed by atoms with van der Waals surface area (Å²) in [5, 5.41) is 7.83. The summed E-state index contributed by atoms with van der Waals surface area (Å²) in [6.45, 7) is 2.89. The number of carbonyl (C=O) groups is 1. The second kappa shape index (κ2) is 6.75. The molecule has 0 N–H and O–H groups in total. The summed E-state index contributed by atoms with van der Waals surface area (Å²) in [4.78, 5) is 11.3. The molecule has 18 heavy (non-hydrogen) atoms. The zero-order valence-electron chi connectivity index (χ0n) is 10.3. The van der Waals surface area contributed by atoms with E-state index in [1.54, 1.807) is 6.92 Å². The molecular weight excluding hydrogens is 256 g/mol. The van der Waals surface area contributed by atoms with Gasteiger partial charge in [-0.15, -0.1) is 5.10 Å². The Bertz CT molecular complexity index is 390. The average molecular weight is 272 g/mol. The van der Waals surface area contributed by atoms with Gasteiger partial charge in [0.2, 0.25) is 0 Å². The molecule has 0 amide bonds. The molecule has 2 rings (SSSR count). The van der Waals surface area contributed by atoms with Crippen LogP contribution in [0.1, 0.15) is 36.9 Å². The third kappa shape index (κ3) is 3.71. The molecule has 0 bridgehead atoms. The number of carbonyl (C=O) groups excluding carboxylic acids is 1. The van der Waals surface area contributed by atoms with Crippen molar-refractivity contribution in [3.05, 3.63) is 5.89 Å². The lowest BCUT2D eigenvalue weighted by atomic mass is 10.2. The Labute approximate surface area is 109 Å². The van der Waals surface area contributed by atoms with Gasteiger partial charge in [-0.3, -0.25) is 0 Å². The minimum atomic E-state index is -0.573. The SMILES string of the molecule is CCOC(=O)c1nnc(SCCC2CCCO2)o1. The molecule has 1 atom stereocenters. The fourth-order valence-corrected chi connectivity index (χ4v) is 2.48. The molecule has 1 aliphatic rings. The molecule has 7 heteroatoms. The van der Waals surface area contributed by atoms with E-state index in [9.17, 15) is 4.79 Å². The van der Waals surface area contributed by atoms with E-state index >= 15 is 0 Å². The Hall–Kier alpha value is -1.08. The molecule has 100 valence electrons. The Morgan fingerprint density at radius 3 is 3.17 bits per heavy atom. The van der Waals surface area contributed by atoms with Crippen LogP contribution in [-0.4, -0.2) is 41.2 Å². The van der Waals surface area contributed by atoms with Crippen LogP contribution in [0, 0.1) is 0 Å². The highest BCUT2D eigenvalue weighted by Gasteiger charge is 2.18. The van der Waals surface area contributed by atoms with Crippen molar-refractivity contribution in [1.82, 2.24) is 10.2 Å². The van der Waals surface area contributed by atoms with Crippen molar-refractivity contribution in [2.24, 2.45) is 0 Å². The van der Waals surface area contributed by atoms with Crippen molar-refractivity contribution in [2.45, 2.75) is 37.5 Å². The summed E-state index contributed by atoms with van der Waals surface area (Å²) in [5.74, 6) is 0.183. The van der Waals surface area contributed by atoms with Gasteiger partial charge in [-0.05, 0) is 26.2 Å². The lowest BCUT2D eigenvalue weighted by Gasteiger charge is -2.06. The zero-order valence-corrected chi connectivity index (χ0v) is 11.1. The summed E-state index contributed by atoms with van der Waals surface area (Å²) in [7, 11) is 0. The molecule has 0 spiro atoms. The number of ether oxygens (including phenoxy) is 2. The van der Waals surface area contributed by atoms with E-state index in [2.05, 4.69) is 10.2 Å². The van der Waals surface area contributed by atoms with Crippen molar-refractivity contribution in [1.29, 1.82) is 0 Å². The fraction of sp³-hybridized carbons (Fsp3) is 0.727. The fourth-order valence-electron chi connectivity index (χ4n) is 1.69. The predicted octanol–water partition coefficient (Wildman–Crippen LogP) is 1.91. The van der Waals surface area contributed by atoms with Crippen molar-refractivity contribution < 1.29 is 18.7 Å². The van der Waals surface area contributed by atoms with Crippen LogP contribution in [0.15, 0.2) is 9.64 Å². The van der Waals surface area contributed by atoms with Crippen LogP contribution in [0.2, 0.25) is 0 Å². The van der Waals surface area contributed by atoms with Crippen LogP contribution in [0.5, 0.6) is 0 Å². The smallest absolute Gasteiger partial charge is 0.396 e. The minimum absolute atomic E-state index is 0.0866. The summed E-state index contributed by atoms with van der Waals surface area (Å²) < 4.78 is 15.5. The summed E-state index contributed by atoms with van der Waals surface area (Å²) >= 11 is 1.44. The van der Waals surface area contributed by atoms with E-state index in [0.717, 1.165) is 31.6 Å². The number of esters is 1. The van der Waals surface area contributed by atoms with Crippen molar-refractivity contribution in [3.63, 3.8) is 0 Å². The van der Waals surface area contributed by atoms with Crippen LogP contribution in [0.3, 0.4) is 0 Å². The molecule has 1 saturated heterocycles. The molecule has 1 fully saturated rings. The first-order valence-electron chi connectivity index (χ1n) is 6.04. The summed E-state index contributed by atoms with van der Waals surface area (Å²) in [5.41, 5.74) is 0. The highest BCUT2D eigenvalue weighted by atomic mass is 32.2. The van der Waals surface area contributed by atoms with E-state index in [-0.39, 0.29) is 5.89 Å². The normalized spacial score (nSPS) is 19.1. The van der Waals surface area contributed by atoms with Gasteiger partial charge in [-0.1, -0.05) is 16.9 Å². The third-order valence-electron chi connectivity index (χ3n) is 2.55. The van der Waals surface area contributed by atoms with Gasteiger partial charge < -0.3 is 13.9 Å². The average Bonchev–Trinajstić information content (AvgIpc) is 3.00. The van der Waals surface area contributed by atoms with Gasteiger partial charge in [0.1, 0.15) is 0 Å². The molecule has 6 nitrogen and oxygen atoms in total. The molecular formula is C11H16N2O4S. The van der Waals surface area contributed by atoms with Crippen LogP contribution in [-0.2, 0) is 9.47 Å². The maximum atomic E-state index is 11.3. The second-order valence-electron chi connectivity index (χ2n) is 3.87. The Morgan fingerprint density at radius 1 is 1.56 bits per heavy atom. The van der Waals surface area contributed by atoms with Gasteiger partial charge in [0.15, 0.2) is 0 Å².